The summed E-state index contributed by atoms with van der Waals surface area (Å²) in [5.74, 6) is -0.592. The van der Waals surface area contributed by atoms with Crippen molar-refractivity contribution in [2.24, 2.45) is 0 Å². The van der Waals surface area contributed by atoms with E-state index in [0.29, 0.717) is 11.1 Å². The van der Waals surface area contributed by atoms with Crippen molar-refractivity contribution in [3.8, 4) is 11.4 Å². The first kappa shape index (κ1) is 19.5. The summed E-state index contributed by atoms with van der Waals surface area (Å²) in [6, 6.07) is 12.0. The third-order valence-corrected chi connectivity index (χ3v) is 4.07. The van der Waals surface area contributed by atoms with Gasteiger partial charge in [0.05, 0.1) is 17.9 Å². The Hall–Kier alpha value is -3.29. The van der Waals surface area contributed by atoms with Crippen LogP contribution in [0.1, 0.15) is 34.5 Å². The topological polar surface area (TPSA) is 56.2 Å². The zero-order valence-corrected chi connectivity index (χ0v) is 15.2. The monoisotopic (exact) mass is 389 g/mol. The van der Waals surface area contributed by atoms with Crippen LogP contribution in [0.3, 0.4) is 0 Å². The average Bonchev–Trinajstić information content (AvgIpc) is 3.07. The summed E-state index contributed by atoms with van der Waals surface area (Å²) in [5, 5.41) is 7.03. The molecule has 3 rings (SSSR count). The van der Waals surface area contributed by atoms with Crippen LogP contribution in [-0.4, -0.2) is 22.1 Å². The summed E-state index contributed by atoms with van der Waals surface area (Å²) in [5.41, 5.74) is 2.99. The second-order valence-electron chi connectivity index (χ2n) is 6.32. The molecule has 1 N–H and O–H groups in total. The fraction of sp³-hybridized carbons (Fsp3) is 0.200. The fourth-order valence-electron chi connectivity index (χ4n) is 2.64. The highest BCUT2D eigenvalue weighted by atomic mass is 19.4. The maximum Gasteiger partial charge on any atom is 0.573 e. The Bertz CT molecular complexity index is 948. The number of hydrogen-bond donors (Lipinski definition) is 1. The minimum atomic E-state index is -4.73. The highest BCUT2D eigenvalue weighted by molar-refractivity contribution is 5.94. The predicted molar refractivity (Wildman–Crippen MR) is 97.3 cm³/mol. The quantitative estimate of drug-likeness (QED) is 0.696. The number of carbonyl (C=O) groups excluding carboxylic acids is 1. The van der Waals surface area contributed by atoms with Gasteiger partial charge in [-0.1, -0.05) is 12.1 Å². The number of benzene rings is 2. The highest BCUT2D eigenvalue weighted by Gasteiger charge is 2.31. The smallest absolute Gasteiger partial charge is 0.406 e. The third-order valence-electron chi connectivity index (χ3n) is 4.07. The van der Waals surface area contributed by atoms with Crippen LogP contribution in [0.15, 0.2) is 60.9 Å². The molecule has 28 heavy (non-hydrogen) atoms. The summed E-state index contributed by atoms with van der Waals surface area (Å²) < 4.78 is 42.2. The molecule has 0 bridgehead atoms. The van der Waals surface area contributed by atoms with Crippen molar-refractivity contribution in [2.75, 3.05) is 0 Å². The maximum absolute atomic E-state index is 12.4. The number of aryl methyl sites for hydroxylation is 1. The van der Waals surface area contributed by atoms with Crippen molar-refractivity contribution in [1.29, 1.82) is 0 Å². The molecule has 1 unspecified atom stereocenters. The summed E-state index contributed by atoms with van der Waals surface area (Å²) in [6.45, 7) is 3.69. The second-order valence-corrected chi connectivity index (χ2v) is 6.32. The van der Waals surface area contributed by atoms with Crippen molar-refractivity contribution in [3.63, 3.8) is 0 Å². The van der Waals surface area contributed by atoms with Crippen LogP contribution in [-0.2, 0) is 0 Å². The van der Waals surface area contributed by atoms with Gasteiger partial charge in [0.25, 0.3) is 5.91 Å². The fourth-order valence-corrected chi connectivity index (χ4v) is 2.64. The molecule has 1 amide bonds. The van der Waals surface area contributed by atoms with Crippen LogP contribution in [0, 0.1) is 6.92 Å². The third kappa shape index (κ3) is 4.91. The van der Waals surface area contributed by atoms with Crippen LogP contribution in [0.2, 0.25) is 0 Å². The van der Waals surface area contributed by atoms with Crippen LogP contribution >= 0.6 is 0 Å². The first-order valence-electron chi connectivity index (χ1n) is 8.49. The van der Waals surface area contributed by atoms with Gasteiger partial charge in [-0.05, 0) is 61.4 Å². The summed E-state index contributed by atoms with van der Waals surface area (Å²) in [4.78, 5) is 12.4. The number of nitrogens with one attached hydrogen (secondary N) is 1. The van der Waals surface area contributed by atoms with Gasteiger partial charge in [0.1, 0.15) is 5.75 Å². The van der Waals surface area contributed by atoms with Gasteiger partial charge in [-0.2, -0.15) is 5.10 Å². The zero-order chi connectivity index (χ0) is 20.3. The molecule has 0 saturated heterocycles. The molecular formula is C20H18F3N3O2. The molecule has 0 saturated carbocycles. The summed E-state index contributed by atoms with van der Waals surface area (Å²) in [6.07, 6.45) is -1.11. The molecule has 5 nitrogen and oxygen atoms in total. The minimum absolute atomic E-state index is 0.286. The minimum Gasteiger partial charge on any atom is -0.406 e. The van der Waals surface area contributed by atoms with E-state index in [-0.39, 0.29) is 17.7 Å². The molecule has 0 aliphatic carbocycles. The van der Waals surface area contributed by atoms with E-state index in [0.717, 1.165) is 11.3 Å². The number of nitrogens with zero attached hydrogens (tertiary/aromatic N) is 2. The van der Waals surface area contributed by atoms with E-state index in [2.05, 4.69) is 15.2 Å². The van der Waals surface area contributed by atoms with E-state index in [9.17, 15) is 18.0 Å². The van der Waals surface area contributed by atoms with Crippen LogP contribution in [0.4, 0.5) is 13.2 Å². The van der Waals surface area contributed by atoms with Gasteiger partial charge in [0.2, 0.25) is 0 Å². The summed E-state index contributed by atoms with van der Waals surface area (Å²) in [7, 11) is 0. The average molecular weight is 389 g/mol. The van der Waals surface area contributed by atoms with Crippen LogP contribution in [0.5, 0.6) is 5.75 Å². The Labute approximate surface area is 159 Å². The van der Waals surface area contributed by atoms with Gasteiger partial charge < -0.3 is 10.1 Å². The lowest BCUT2D eigenvalue weighted by Gasteiger charge is -2.15. The van der Waals surface area contributed by atoms with E-state index < -0.39 is 6.36 Å². The van der Waals surface area contributed by atoms with Crippen molar-refractivity contribution in [3.05, 3.63) is 77.6 Å². The largest absolute Gasteiger partial charge is 0.573 e. The van der Waals surface area contributed by atoms with Gasteiger partial charge >= 0.3 is 6.36 Å². The lowest BCUT2D eigenvalue weighted by molar-refractivity contribution is -0.274. The molecule has 0 aliphatic heterocycles. The first-order valence-corrected chi connectivity index (χ1v) is 8.49. The van der Waals surface area contributed by atoms with Crippen LogP contribution in [0.25, 0.3) is 5.69 Å². The van der Waals surface area contributed by atoms with E-state index in [4.69, 9.17) is 0 Å². The van der Waals surface area contributed by atoms with Gasteiger partial charge in [0.15, 0.2) is 0 Å². The Kier molecular flexibility index (Phi) is 5.39. The van der Waals surface area contributed by atoms with E-state index in [1.54, 1.807) is 42.1 Å². The van der Waals surface area contributed by atoms with Crippen molar-refractivity contribution in [1.82, 2.24) is 15.1 Å². The predicted octanol–water partition coefficient (Wildman–Crippen LogP) is 4.57. The number of hydrogen-bond acceptors (Lipinski definition) is 3. The van der Waals surface area contributed by atoms with E-state index in [1.165, 1.54) is 24.3 Å². The molecule has 0 aliphatic rings. The second kappa shape index (κ2) is 7.75. The molecule has 8 heteroatoms. The molecule has 146 valence electrons. The Morgan fingerprint density at radius 2 is 1.75 bits per heavy atom. The SMILES string of the molecule is Cc1cnn(-c2ccc(C(=O)NC(C)c3ccc(OC(F)(F)F)cc3)cc2)c1. The van der Waals surface area contributed by atoms with Gasteiger partial charge in [-0.25, -0.2) is 4.68 Å². The number of aromatic nitrogens is 2. The lowest BCUT2D eigenvalue weighted by Crippen LogP contribution is -2.26. The molecule has 1 heterocycles. The Morgan fingerprint density at radius 3 is 2.29 bits per heavy atom. The van der Waals surface area contributed by atoms with Crippen molar-refractivity contribution < 1.29 is 22.7 Å². The molecule has 1 aromatic heterocycles. The maximum atomic E-state index is 12.4. The molecule has 2 aromatic carbocycles. The number of alkyl halides is 3. The lowest BCUT2D eigenvalue weighted by atomic mass is 10.1. The molecule has 0 spiro atoms. The standard InChI is InChI=1S/C20H18F3N3O2/c1-13-11-24-26(12-13)17-7-3-16(4-8-17)19(27)25-14(2)15-5-9-18(10-6-15)28-20(21,22)23/h3-12,14H,1-2H3,(H,25,27). The van der Waals surface area contributed by atoms with E-state index in [1.807, 2.05) is 13.1 Å². The normalized spacial score (nSPS) is 12.5. The Morgan fingerprint density at radius 1 is 1.11 bits per heavy atom. The molecule has 0 fully saturated rings. The molecule has 0 radical (unpaired) electrons. The zero-order valence-electron chi connectivity index (χ0n) is 15.2. The summed E-state index contributed by atoms with van der Waals surface area (Å²) >= 11 is 0. The van der Waals surface area contributed by atoms with Crippen molar-refractivity contribution in [2.45, 2.75) is 26.3 Å². The molecular weight excluding hydrogens is 371 g/mol. The number of halogens is 3. The Balaban J connectivity index is 1.63. The highest BCUT2D eigenvalue weighted by Crippen LogP contribution is 2.24. The van der Waals surface area contributed by atoms with Gasteiger partial charge in [-0.3, -0.25) is 4.79 Å². The first-order chi connectivity index (χ1) is 13.2. The number of carbonyl (C=O) groups is 1. The van der Waals surface area contributed by atoms with Gasteiger partial charge in [0, 0.05) is 11.8 Å². The number of amides is 1. The number of rotatable bonds is 5. The number of ether oxygens (including phenoxy) is 1. The van der Waals surface area contributed by atoms with Gasteiger partial charge in [-0.15, -0.1) is 13.2 Å². The van der Waals surface area contributed by atoms with E-state index >= 15 is 0 Å². The molecule has 3 aromatic rings. The van der Waals surface area contributed by atoms with Crippen molar-refractivity contribution >= 4 is 5.91 Å². The van der Waals surface area contributed by atoms with Crippen LogP contribution < -0.4 is 10.1 Å². The molecule has 1 atom stereocenters.